The molecule has 0 saturated heterocycles. The fraction of sp³-hybridized carbons (Fsp3) is 0.292. The van der Waals surface area contributed by atoms with Crippen molar-refractivity contribution in [1.82, 2.24) is 5.32 Å². The molecule has 0 fully saturated rings. The summed E-state index contributed by atoms with van der Waals surface area (Å²) in [7, 11) is 1.65. The van der Waals surface area contributed by atoms with Gasteiger partial charge in [-0.25, -0.2) is 0 Å². The van der Waals surface area contributed by atoms with E-state index >= 15 is 0 Å². The molecule has 0 spiro atoms. The molecule has 0 heterocycles. The van der Waals surface area contributed by atoms with Crippen LogP contribution in [0.3, 0.4) is 0 Å². The first-order valence-corrected chi connectivity index (χ1v) is 9.60. The number of hydrogen-bond donors (Lipinski definition) is 1. The summed E-state index contributed by atoms with van der Waals surface area (Å²) in [6.07, 6.45) is 0.855. The second-order valence-electron chi connectivity index (χ2n) is 7.32. The Bertz CT molecular complexity index is 919. The normalized spacial score (nSPS) is 12.0. The smallest absolute Gasteiger partial charge is 0.258 e. The first kappa shape index (κ1) is 19.7. The van der Waals surface area contributed by atoms with Gasteiger partial charge in [-0.05, 0) is 52.9 Å². The van der Waals surface area contributed by atoms with E-state index in [0.29, 0.717) is 11.7 Å². The molecule has 0 bridgehead atoms. The summed E-state index contributed by atoms with van der Waals surface area (Å²) >= 11 is 0. The maximum absolute atomic E-state index is 12.5. The van der Waals surface area contributed by atoms with Crippen molar-refractivity contribution in [3.05, 3.63) is 72.3 Å². The van der Waals surface area contributed by atoms with Gasteiger partial charge in [-0.15, -0.1) is 0 Å². The highest BCUT2D eigenvalue weighted by atomic mass is 16.5. The van der Waals surface area contributed by atoms with Crippen molar-refractivity contribution in [3.63, 3.8) is 0 Å². The van der Waals surface area contributed by atoms with Crippen molar-refractivity contribution in [2.24, 2.45) is 5.92 Å². The lowest BCUT2D eigenvalue weighted by molar-refractivity contribution is -0.124. The SMILES string of the molecule is COc1ccc([C@H](CC(C)C)NC(=O)COc2ccc3ccccc3c2)cc1. The van der Waals surface area contributed by atoms with Crippen LogP contribution < -0.4 is 14.8 Å². The Labute approximate surface area is 166 Å². The van der Waals surface area contributed by atoms with Crippen LogP contribution in [-0.2, 0) is 4.79 Å². The summed E-state index contributed by atoms with van der Waals surface area (Å²) in [4.78, 5) is 12.5. The molecule has 4 nitrogen and oxygen atoms in total. The van der Waals surface area contributed by atoms with E-state index in [0.717, 1.165) is 28.5 Å². The number of amides is 1. The van der Waals surface area contributed by atoms with Gasteiger partial charge in [-0.2, -0.15) is 0 Å². The highest BCUT2D eigenvalue weighted by Crippen LogP contribution is 2.24. The standard InChI is InChI=1S/C24H27NO3/c1-17(2)14-23(19-9-11-21(27-3)12-10-19)25-24(26)16-28-22-13-8-18-6-4-5-7-20(18)15-22/h4-13,15,17,23H,14,16H2,1-3H3,(H,25,26)/t23-/m0/s1. The molecule has 0 radical (unpaired) electrons. The Morgan fingerprint density at radius 3 is 2.29 bits per heavy atom. The zero-order valence-corrected chi connectivity index (χ0v) is 16.6. The van der Waals surface area contributed by atoms with Crippen molar-refractivity contribution in [2.75, 3.05) is 13.7 Å². The topological polar surface area (TPSA) is 47.6 Å². The van der Waals surface area contributed by atoms with Crippen molar-refractivity contribution in [3.8, 4) is 11.5 Å². The second kappa shape index (κ2) is 9.27. The van der Waals surface area contributed by atoms with E-state index in [1.165, 1.54) is 0 Å². The average molecular weight is 377 g/mol. The fourth-order valence-corrected chi connectivity index (χ4v) is 3.23. The molecule has 0 saturated carbocycles. The summed E-state index contributed by atoms with van der Waals surface area (Å²) < 4.78 is 10.9. The molecular formula is C24H27NO3. The average Bonchev–Trinajstić information content (AvgIpc) is 2.71. The Balaban J connectivity index is 1.63. The Morgan fingerprint density at radius 1 is 0.929 bits per heavy atom. The van der Waals surface area contributed by atoms with Gasteiger partial charge in [-0.1, -0.05) is 56.3 Å². The number of rotatable bonds is 8. The third-order valence-corrected chi connectivity index (χ3v) is 4.65. The highest BCUT2D eigenvalue weighted by Gasteiger charge is 2.17. The number of fused-ring (bicyclic) bond motifs is 1. The van der Waals surface area contributed by atoms with Crippen LogP contribution in [-0.4, -0.2) is 19.6 Å². The Morgan fingerprint density at radius 2 is 1.61 bits per heavy atom. The quantitative estimate of drug-likeness (QED) is 0.592. The number of hydrogen-bond acceptors (Lipinski definition) is 3. The number of carbonyl (C=O) groups is 1. The molecular weight excluding hydrogens is 350 g/mol. The van der Waals surface area contributed by atoms with Crippen LogP contribution in [0.1, 0.15) is 31.9 Å². The maximum atomic E-state index is 12.5. The third kappa shape index (κ3) is 5.26. The van der Waals surface area contributed by atoms with Gasteiger partial charge in [0, 0.05) is 0 Å². The molecule has 3 rings (SSSR count). The van der Waals surface area contributed by atoms with Gasteiger partial charge >= 0.3 is 0 Å². The number of carbonyl (C=O) groups excluding carboxylic acids is 1. The third-order valence-electron chi connectivity index (χ3n) is 4.65. The van der Waals surface area contributed by atoms with E-state index < -0.39 is 0 Å². The Kier molecular flexibility index (Phi) is 6.53. The summed E-state index contributed by atoms with van der Waals surface area (Å²) in [6, 6.07) is 21.7. The molecule has 1 atom stereocenters. The van der Waals surface area contributed by atoms with E-state index in [1.807, 2.05) is 60.7 Å². The van der Waals surface area contributed by atoms with Crippen LogP contribution in [0, 0.1) is 5.92 Å². The van der Waals surface area contributed by atoms with Gasteiger partial charge in [0.25, 0.3) is 5.91 Å². The fourth-order valence-electron chi connectivity index (χ4n) is 3.23. The van der Waals surface area contributed by atoms with Gasteiger partial charge in [-0.3, -0.25) is 4.79 Å². The summed E-state index contributed by atoms with van der Waals surface area (Å²) in [5.41, 5.74) is 1.06. The monoisotopic (exact) mass is 377 g/mol. The van der Waals surface area contributed by atoms with E-state index in [2.05, 4.69) is 25.2 Å². The number of benzene rings is 3. The van der Waals surface area contributed by atoms with Crippen molar-refractivity contribution in [2.45, 2.75) is 26.3 Å². The zero-order chi connectivity index (χ0) is 19.9. The minimum Gasteiger partial charge on any atom is -0.497 e. The van der Waals surface area contributed by atoms with E-state index in [-0.39, 0.29) is 18.6 Å². The van der Waals surface area contributed by atoms with Crippen LogP contribution in [0.5, 0.6) is 11.5 Å². The maximum Gasteiger partial charge on any atom is 0.258 e. The van der Waals surface area contributed by atoms with Crippen LogP contribution in [0.2, 0.25) is 0 Å². The van der Waals surface area contributed by atoms with Crippen molar-refractivity contribution < 1.29 is 14.3 Å². The molecule has 28 heavy (non-hydrogen) atoms. The van der Waals surface area contributed by atoms with Gasteiger partial charge in [0.05, 0.1) is 13.2 Å². The zero-order valence-electron chi connectivity index (χ0n) is 16.6. The molecule has 3 aromatic carbocycles. The molecule has 3 aromatic rings. The summed E-state index contributed by atoms with van der Waals surface area (Å²) in [5.74, 6) is 1.82. The molecule has 0 aliphatic rings. The number of ether oxygens (including phenoxy) is 2. The minimum absolute atomic E-state index is 0.0108. The van der Waals surface area contributed by atoms with Crippen LogP contribution >= 0.6 is 0 Å². The predicted octanol–water partition coefficient (Wildman–Crippen LogP) is 5.13. The second-order valence-corrected chi connectivity index (χ2v) is 7.32. The summed E-state index contributed by atoms with van der Waals surface area (Å²) in [6.45, 7) is 4.28. The van der Waals surface area contributed by atoms with E-state index in [4.69, 9.17) is 9.47 Å². The molecule has 4 heteroatoms. The Hall–Kier alpha value is -3.01. The van der Waals surface area contributed by atoms with Gasteiger partial charge < -0.3 is 14.8 Å². The lowest BCUT2D eigenvalue weighted by Gasteiger charge is -2.21. The first-order chi connectivity index (χ1) is 13.5. The minimum atomic E-state index is -0.130. The molecule has 146 valence electrons. The molecule has 1 N–H and O–H groups in total. The summed E-state index contributed by atoms with van der Waals surface area (Å²) in [5, 5.41) is 5.35. The van der Waals surface area contributed by atoms with Crippen molar-refractivity contribution in [1.29, 1.82) is 0 Å². The molecule has 1 amide bonds. The number of methoxy groups -OCH3 is 1. The molecule has 0 aliphatic carbocycles. The van der Waals surface area contributed by atoms with Crippen LogP contribution in [0.4, 0.5) is 0 Å². The largest absolute Gasteiger partial charge is 0.497 e. The highest BCUT2D eigenvalue weighted by molar-refractivity contribution is 5.84. The number of nitrogens with one attached hydrogen (secondary N) is 1. The lowest BCUT2D eigenvalue weighted by Crippen LogP contribution is -2.33. The molecule has 0 aromatic heterocycles. The van der Waals surface area contributed by atoms with Gasteiger partial charge in [0.2, 0.25) is 0 Å². The van der Waals surface area contributed by atoms with Crippen molar-refractivity contribution >= 4 is 16.7 Å². The predicted molar refractivity (Wildman–Crippen MR) is 113 cm³/mol. The lowest BCUT2D eigenvalue weighted by atomic mass is 9.97. The van der Waals surface area contributed by atoms with E-state index in [9.17, 15) is 4.79 Å². The molecule has 0 aliphatic heterocycles. The van der Waals surface area contributed by atoms with E-state index in [1.54, 1.807) is 7.11 Å². The van der Waals surface area contributed by atoms with Crippen LogP contribution in [0.25, 0.3) is 10.8 Å². The van der Waals surface area contributed by atoms with Crippen LogP contribution in [0.15, 0.2) is 66.7 Å². The molecule has 0 unspecified atom stereocenters. The van der Waals surface area contributed by atoms with Gasteiger partial charge in [0.1, 0.15) is 11.5 Å². The van der Waals surface area contributed by atoms with Gasteiger partial charge in [0.15, 0.2) is 6.61 Å². The first-order valence-electron chi connectivity index (χ1n) is 9.60.